The van der Waals surface area contributed by atoms with Crippen LogP contribution in [0.15, 0.2) is 59.5 Å². The van der Waals surface area contributed by atoms with Crippen molar-refractivity contribution >= 4 is 16.0 Å². The smallest absolute Gasteiger partial charge is 0.306 e. The van der Waals surface area contributed by atoms with E-state index in [0.717, 1.165) is 12.0 Å². The fraction of sp³-hybridized carbons (Fsp3) is 0.552. The van der Waals surface area contributed by atoms with Crippen molar-refractivity contribution in [1.29, 1.82) is 0 Å². The maximum atomic E-state index is 13.6. The maximum absolute atomic E-state index is 13.6. The number of rotatable bonds is 13. The van der Waals surface area contributed by atoms with Crippen LogP contribution in [0.5, 0.6) is 5.75 Å². The summed E-state index contributed by atoms with van der Waals surface area (Å²) in [6.45, 7) is 4.86. The van der Waals surface area contributed by atoms with Gasteiger partial charge in [-0.25, -0.2) is 8.42 Å². The summed E-state index contributed by atoms with van der Waals surface area (Å²) in [5.74, 6) is -0.434. The second-order valence-electron chi connectivity index (χ2n) is 10.3. The van der Waals surface area contributed by atoms with Crippen LogP contribution in [0.2, 0.25) is 0 Å². The van der Waals surface area contributed by atoms with Crippen molar-refractivity contribution < 1.29 is 37.3 Å². The van der Waals surface area contributed by atoms with Gasteiger partial charge in [-0.1, -0.05) is 44.2 Å². The Hall–Kier alpha value is -2.50. The Bertz CT molecular complexity index is 1100. The molecule has 1 aliphatic heterocycles. The summed E-state index contributed by atoms with van der Waals surface area (Å²) in [5.41, 5.74) is 0.939. The minimum Gasteiger partial charge on any atom is -0.497 e. The molecule has 9 nitrogen and oxygen atoms in total. The molecule has 3 rings (SSSR count). The van der Waals surface area contributed by atoms with Gasteiger partial charge in [0, 0.05) is 25.6 Å². The zero-order valence-corrected chi connectivity index (χ0v) is 23.8. The predicted octanol–water partition coefficient (Wildman–Crippen LogP) is 3.65. The Morgan fingerprint density at radius 3 is 2.46 bits per heavy atom. The van der Waals surface area contributed by atoms with Crippen molar-refractivity contribution in [3.63, 3.8) is 0 Å². The molecule has 0 amide bonds. The van der Waals surface area contributed by atoms with Gasteiger partial charge in [0.1, 0.15) is 18.6 Å². The number of hydrogen-bond acceptors (Lipinski definition) is 8. The van der Waals surface area contributed by atoms with E-state index in [1.165, 1.54) is 23.5 Å². The highest BCUT2D eigenvalue weighted by Crippen LogP contribution is 2.24. The maximum Gasteiger partial charge on any atom is 0.306 e. The third-order valence-corrected chi connectivity index (χ3v) is 8.40. The minimum atomic E-state index is -3.91. The van der Waals surface area contributed by atoms with Crippen LogP contribution in [0.3, 0.4) is 0 Å². The van der Waals surface area contributed by atoms with Gasteiger partial charge in [0.15, 0.2) is 0 Å². The Labute approximate surface area is 232 Å². The van der Waals surface area contributed by atoms with Gasteiger partial charge < -0.3 is 24.1 Å². The number of benzene rings is 2. The first-order valence-corrected chi connectivity index (χ1v) is 14.8. The molecule has 10 heteroatoms. The highest BCUT2D eigenvalue weighted by molar-refractivity contribution is 7.89. The SMILES string of the molecule is COc1ccc(S(=O)(=O)N(CC(C)C)C[C@@H](O)[C@@H](CC(=O)O[C@H]2CCCOCOC2)Cc2ccccc2)cc1. The van der Waals surface area contributed by atoms with Crippen LogP contribution in [0.25, 0.3) is 0 Å². The van der Waals surface area contributed by atoms with E-state index >= 15 is 0 Å². The lowest BCUT2D eigenvalue weighted by Crippen LogP contribution is -2.43. The Balaban J connectivity index is 1.78. The van der Waals surface area contributed by atoms with Gasteiger partial charge in [0.05, 0.1) is 31.1 Å². The van der Waals surface area contributed by atoms with Gasteiger partial charge in [-0.3, -0.25) is 4.79 Å². The molecule has 0 aromatic heterocycles. The first-order valence-electron chi connectivity index (χ1n) is 13.4. The predicted molar refractivity (Wildman–Crippen MR) is 147 cm³/mol. The summed E-state index contributed by atoms with van der Waals surface area (Å²) in [4.78, 5) is 13.1. The molecule has 3 atom stereocenters. The number of nitrogens with zero attached hydrogens (tertiary/aromatic N) is 1. The first-order chi connectivity index (χ1) is 18.7. The van der Waals surface area contributed by atoms with Crippen LogP contribution in [0, 0.1) is 11.8 Å². The fourth-order valence-corrected chi connectivity index (χ4v) is 6.15. The van der Waals surface area contributed by atoms with Crippen molar-refractivity contribution in [3.05, 3.63) is 60.2 Å². The van der Waals surface area contributed by atoms with Gasteiger partial charge in [0.2, 0.25) is 10.0 Å². The number of aliphatic hydroxyl groups is 1. The van der Waals surface area contributed by atoms with E-state index in [1.54, 1.807) is 12.1 Å². The first kappa shape index (κ1) is 31.0. The molecular formula is C29H41NO8S. The van der Waals surface area contributed by atoms with Crippen molar-refractivity contribution in [2.45, 2.75) is 56.6 Å². The molecule has 1 saturated heterocycles. The van der Waals surface area contributed by atoms with Crippen molar-refractivity contribution in [1.82, 2.24) is 4.31 Å². The third-order valence-electron chi connectivity index (χ3n) is 6.55. The normalized spacial score (nSPS) is 18.3. The molecule has 2 aromatic rings. The van der Waals surface area contributed by atoms with E-state index in [0.29, 0.717) is 25.2 Å². The molecule has 1 N–H and O–H groups in total. The van der Waals surface area contributed by atoms with Gasteiger partial charge in [0.25, 0.3) is 0 Å². The van der Waals surface area contributed by atoms with Gasteiger partial charge >= 0.3 is 5.97 Å². The van der Waals surface area contributed by atoms with Crippen LogP contribution in [0.1, 0.15) is 38.7 Å². The van der Waals surface area contributed by atoms with E-state index in [-0.39, 0.29) is 49.8 Å². The lowest BCUT2D eigenvalue weighted by atomic mass is 9.90. The monoisotopic (exact) mass is 563 g/mol. The number of ether oxygens (including phenoxy) is 4. The van der Waals surface area contributed by atoms with Gasteiger partial charge in [-0.15, -0.1) is 0 Å². The van der Waals surface area contributed by atoms with E-state index in [9.17, 15) is 18.3 Å². The topological polar surface area (TPSA) is 112 Å². The van der Waals surface area contributed by atoms with Crippen LogP contribution < -0.4 is 4.74 Å². The number of sulfonamides is 1. The molecule has 0 aliphatic carbocycles. The molecule has 0 spiro atoms. The van der Waals surface area contributed by atoms with Gasteiger partial charge in [-0.05, 0) is 55.0 Å². The largest absolute Gasteiger partial charge is 0.497 e. The number of carbonyl (C=O) groups is 1. The highest BCUT2D eigenvalue weighted by atomic mass is 32.2. The van der Waals surface area contributed by atoms with Crippen molar-refractivity contribution in [2.75, 3.05) is 40.2 Å². The van der Waals surface area contributed by atoms with E-state index in [1.807, 2.05) is 44.2 Å². The number of methoxy groups -OCH3 is 1. The average molecular weight is 564 g/mol. The fourth-order valence-electron chi connectivity index (χ4n) is 4.53. The molecule has 1 aliphatic rings. The third kappa shape index (κ3) is 9.88. The summed E-state index contributed by atoms with van der Waals surface area (Å²) >= 11 is 0. The van der Waals surface area contributed by atoms with Crippen LogP contribution in [-0.2, 0) is 35.4 Å². The second kappa shape index (κ2) is 15.3. The van der Waals surface area contributed by atoms with Crippen molar-refractivity contribution in [3.8, 4) is 5.75 Å². The highest BCUT2D eigenvalue weighted by Gasteiger charge is 2.32. The zero-order chi connectivity index (χ0) is 28.3. The average Bonchev–Trinajstić information content (AvgIpc) is 2.89. The molecule has 1 heterocycles. The van der Waals surface area contributed by atoms with E-state index < -0.39 is 28.0 Å². The molecular weight excluding hydrogens is 522 g/mol. The quantitative estimate of drug-likeness (QED) is 0.368. The van der Waals surface area contributed by atoms with E-state index in [2.05, 4.69) is 0 Å². The second-order valence-corrected chi connectivity index (χ2v) is 12.2. The summed E-state index contributed by atoms with van der Waals surface area (Å²) < 4.78 is 50.0. The lowest BCUT2D eigenvalue weighted by molar-refractivity contribution is -0.161. The Morgan fingerprint density at radius 1 is 1.08 bits per heavy atom. The molecule has 0 saturated carbocycles. The Kier molecular flexibility index (Phi) is 12.2. The Morgan fingerprint density at radius 2 is 1.79 bits per heavy atom. The zero-order valence-electron chi connectivity index (χ0n) is 23.0. The number of aliphatic hydroxyl groups excluding tert-OH is 1. The van der Waals surface area contributed by atoms with E-state index in [4.69, 9.17) is 18.9 Å². The van der Waals surface area contributed by atoms with Crippen LogP contribution in [-0.4, -0.2) is 76.2 Å². The summed E-state index contributed by atoms with van der Waals surface area (Å²) in [6, 6.07) is 15.7. The summed E-state index contributed by atoms with van der Waals surface area (Å²) in [6.07, 6.45) is 0.228. The van der Waals surface area contributed by atoms with Crippen LogP contribution in [0.4, 0.5) is 0 Å². The summed E-state index contributed by atoms with van der Waals surface area (Å²) in [7, 11) is -2.39. The number of esters is 1. The molecule has 216 valence electrons. The molecule has 0 radical (unpaired) electrons. The molecule has 0 bridgehead atoms. The van der Waals surface area contributed by atoms with Crippen LogP contribution >= 0.6 is 0 Å². The lowest BCUT2D eigenvalue weighted by Gasteiger charge is -2.30. The minimum absolute atomic E-state index is 0.0195. The number of carbonyl (C=O) groups excluding carboxylic acids is 1. The molecule has 39 heavy (non-hydrogen) atoms. The number of hydrogen-bond donors (Lipinski definition) is 1. The molecule has 1 fully saturated rings. The molecule has 0 unspecified atom stereocenters. The molecule has 2 aromatic carbocycles. The van der Waals surface area contributed by atoms with Crippen molar-refractivity contribution in [2.24, 2.45) is 11.8 Å². The van der Waals surface area contributed by atoms with Gasteiger partial charge in [-0.2, -0.15) is 4.31 Å². The standard InChI is InChI=1S/C29H41NO8S/c1-22(2)18-30(39(33,34)27-13-11-25(35-3)12-14-27)19-28(31)24(16-23-8-5-4-6-9-23)17-29(32)38-26-10-7-15-36-21-37-20-26/h4-6,8-9,11-14,22,24,26,28,31H,7,10,15-21H2,1-3H3/t24-,26+,28-/m1/s1. The summed E-state index contributed by atoms with van der Waals surface area (Å²) in [5, 5.41) is 11.4.